The molecule has 1 aromatic carbocycles. The number of carbonyl (C=O) groups excluding carboxylic acids is 2. The topological polar surface area (TPSA) is 58.6 Å². The fourth-order valence-electron chi connectivity index (χ4n) is 2.35. The molecule has 2 amide bonds. The molecular weight excluding hydrogens is 327 g/mol. The first kappa shape index (κ1) is 16.9. The summed E-state index contributed by atoms with van der Waals surface area (Å²) in [6.07, 6.45) is 1.48. The van der Waals surface area contributed by atoms with Crippen molar-refractivity contribution in [2.24, 2.45) is 0 Å². The molecule has 0 aliphatic carbocycles. The number of ether oxygens (including phenoxy) is 1. The summed E-state index contributed by atoms with van der Waals surface area (Å²) in [6.45, 7) is 3.01. The minimum Gasteiger partial charge on any atom is -0.484 e. The third-order valence-corrected chi connectivity index (χ3v) is 3.72. The summed E-state index contributed by atoms with van der Waals surface area (Å²) in [7, 11) is 0. The van der Waals surface area contributed by atoms with E-state index in [-0.39, 0.29) is 24.5 Å². The van der Waals surface area contributed by atoms with Crippen molar-refractivity contribution >= 4 is 35.0 Å². The Kier molecular flexibility index (Phi) is 5.91. The van der Waals surface area contributed by atoms with Crippen LogP contribution in [-0.4, -0.2) is 42.5 Å². The molecule has 1 aliphatic rings. The highest BCUT2D eigenvalue weighted by molar-refractivity contribution is 6.34. The molecule has 1 atom stereocenters. The lowest BCUT2D eigenvalue weighted by Gasteiger charge is -2.21. The van der Waals surface area contributed by atoms with Crippen LogP contribution < -0.4 is 10.1 Å². The predicted molar refractivity (Wildman–Crippen MR) is 85.4 cm³/mol. The van der Waals surface area contributed by atoms with Gasteiger partial charge >= 0.3 is 0 Å². The number of nitrogens with one attached hydrogen (secondary N) is 1. The van der Waals surface area contributed by atoms with Crippen molar-refractivity contribution in [2.75, 3.05) is 19.7 Å². The van der Waals surface area contributed by atoms with Crippen molar-refractivity contribution in [2.45, 2.75) is 25.8 Å². The van der Waals surface area contributed by atoms with E-state index in [4.69, 9.17) is 27.9 Å². The molecule has 0 bridgehead atoms. The maximum absolute atomic E-state index is 11.8. The lowest BCUT2D eigenvalue weighted by atomic mass is 10.3. The average molecular weight is 345 g/mol. The van der Waals surface area contributed by atoms with Gasteiger partial charge in [0.1, 0.15) is 5.75 Å². The molecule has 0 unspecified atom stereocenters. The zero-order chi connectivity index (χ0) is 16.1. The number of benzene rings is 1. The Labute approximate surface area is 139 Å². The van der Waals surface area contributed by atoms with E-state index in [0.717, 1.165) is 13.0 Å². The van der Waals surface area contributed by atoms with Crippen LogP contribution in [0.2, 0.25) is 10.0 Å². The zero-order valence-electron chi connectivity index (χ0n) is 12.3. The highest BCUT2D eigenvalue weighted by Gasteiger charge is 2.22. The first-order valence-corrected chi connectivity index (χ1v) is 7.85. The average Bonchev–Trinajstić information content (AvgIpc) is 2.81. The second-order valence-electron chi connectivity index (χ2n) is 5.31. The Morgan fingerprint density at radius 2 is 2.05 bits per heavy atom. The van der Waals surface area contributed by atoms with E-state index in [1.54, 1.807) is 23.1 Å². The molecule has 2 rings (SSSR count). The summed E-state index contributed by atoms with van der Waals surface area (Å²) in [6, 6.07) is 4.65. The molecule has 120 valence electrons. The fraction of sp³-hybridized carbons (Fsp3) is 0.467. The van der Waals surface area contributed by atoms with E-state index in [9.17, 15) is 9.59 Å². The molecule has 1 fully saturated rings. The van der Waals surface area contributed by atoms with Gasteiger partial charge in [-0.05, 0) is 31.5 Å². The highest BCUT2D eigenvalue weighted by atomic mass is 35.5. The van der Waals surface area contributed by atoms with Crippen molar-refractivity contribution in [3.8, 4) is 5.75 Å². The molecule has 1 N–H and O–H groups in total. The number of rotatable bonds is 6. The Bertz CT molecular complexity index is 545. The van der Waals surface area contributed by atoms with Gasteiger partial charge in [0.25, 0.3) is 5.91 Å². The Morgan fingerprint density at radius 3 is 2.64 bits per heavy atom. The van der Waals surface area contributed by atoms with Gasteiger partial charge in [-0.1, -0.05) is 23.2 Å². The number of amides is 2. The highest BCUT2D eigenvalue weighted by Crippen LogP contribution is 2.24. The van der Waals surface area contributed by atoms with Crippen LogP contribution in [-0.2, 0) is 9.59 Å². The molecule has 0 aromatic heterocycles. The molecule has 7 heteroatoms. The second-order valence-corrected chi connectivity index (χ2v) is 6.18. The van der Waals surface area contributed by atoms with E-state index in [0.29, 0.717) is 28.8 Å². The number of hydrogen-bond donors (Lipinski definition) is 1. The Hall–Kier alpha value is -1.46. The lowest BCUT2D eigenvalue weighted by Crippen LogP contribution is -2.44. The van der Waals surface area contributed by atoms with Gasteiger partial charge in [0.05, 0.1) is 0 Å². The van der Waals surface area contributed by atoms with Crippen LogP contribution in [0.3, 0.4) is 0 Å². The summed E-state index contributed by atoms with van der Waals surface area (Å²) in [4.78, 5) is 25.1. The quantitative estimate of drug-likeness (QED) is 0.862. The zero-order valence-corrected chi connectivity index (χ0v) is 13.8. The van der Waals surface area contributed by atoms with Crippen LogP contribution in [0.4, 0.5) is 0 Å². The molecular formula is C15H18Cl2N2O3. The molecule has 1 aromatic rings. The molecule has 0 spiro atoms. The first-order valence-electron chi connectivity index (χ1n) is 7.10. The van der Waals surface area contributed by atoms with Crippen molar-refractivity contribution in [3.05, 3.63) is 28.2 Å². The van der Waals surface area contributed by atoms with Crippen molar-refractivity contribution in [1.82, 2.24) is 10.2 Å². The smallest absolute Gasteiger partial charge is 0.258 e. The van der Waals surface area contributed by atoms with E-state index >= 15 is 0 Å². The number of carbonyl (C=O) groups is 2. The van der Waals surface area contributed by atoms with Gasteiger partial charge in [-0.25, -0.2) is 0 Å². The van der Waals surface area contributed by atoms with Gasteiger partial charge in [-0.15, -0.1) is 0 Å². The van der Waals surface area contributed by atoms with Gasteiger partial charge in [-0.3, -0.25) is 9.59 Å². The Balaban J connectivity index is 1.76. The van der Waals surface area contributed by atoms with Crippen LogP contribution in [0.25, 0.3) is 0 Å². The van der Waals surface area contributed by atoms with Gasteiger partial charge in [0, 0.05) is 35.6 Å². The number of likely N-dealkylation sites (tertiary alicyclic amines) is 1. The van der Waals surface area contributed by atoms with Gasteiger partial charge in [0.2, 0.25) is 5.91 Å². The molecule has 0 radical (unpaired) electrons. The normalized spacial score (nSPS) is 15.8. The molecule has 1 saturated heterocycles. The summed E-state index contributed by atoms with van der Waals surface area (Å²) in [5.41, 5.74) is 0. The first-order chi connectivity index (χ1) is 10.4. The number of nitrogens with zero attached hydrogens (tertiary/aromatic N) is 1. The van der Waals surface area contributed by atoms with Crippen LogP contribution in [0.15, 0.2) is 18.2 Å². The van der Waals surface area contributed by atoms with Crippen LogP contribution in [0.1, 0.15) is 19.8 Å². The van der Waals surface area contributed by atoms with Crippen LogP contribution >= 0.6 is 23.2 Å². The second kappa shape index (κ2) is 7.70. The van der Waals surface area contributed by atoms with E-state index in [1.807, 2.05) is 6.92 Å². The summed E-state index contributed by atoms with van der Waals surface area (Å²) in [5, 5.41) is 3.70. The van der Waals surface area contributed by atoms with Gasteiger partial charge in [-0.2, -0.15) is 0 Å². The van der Waals surface area contributed by atoms with Gasteiger partial charge in [0.15, 0.2) is 6.61 Å². The van der Waals surface area contributed by atoms with Crippen molar-refractivity contribution in [1.29, 1.82) is 0 Å². The molecule has 22 heavy (non-hydrogen) atoms. The summed E-state index contributed by atoms with van der Waals surface area (Å²) in [5.74, 6) is 0.330. The predicted octanol–water partition coefficient (Wildman–Crippen LogP) is 2.50. The monoisotopic (exact) mass is 344 g/mol. The van der Waals surface area contributed by atoms with Crippen LogP contribution in [0.5, 0.6) is 5.75 Å². The molecule has 5 nitrogen and oxygen atoms in total. The maximum atomic E-state index is 11.8. The summed E-state index contributed by atoms with van der Waals surface area (Å²) < 4.78 is 5.36. The lowest BCUT2D eigenvalue weighted by molar-refractivity contribution is -0.129. The third-order valence-electron chi connectivity index (χ3n) is 3.28. The van der Waals surface area contributed by atoms with E-state index < -0.39 is 0 Å². The fourth-order valence-corrected chi connectivity index (χ4v) is 2.86. The minimum atomic E-state index is -0.254. The minimum absolute atomic E-state index is 0.124. The SMILES string of the molecule is C[C@@H](CN1CCCC1=O)NC(=O)COc1cc(Cl)cc(Cl)c1. The maximum Gasteiger partial charge on any atom is 0.258 e. The van der Waals surface area contributed by atoms with E-state index in [1.165, 1.54) is 0 Å². The molecule has 1 aliphatic heterocycles. The molecule has 0 saturated carbocycles. The van der Waals surface area contributed by atoms with Gasteiger partial charge < -0.3 is 15.0 Å². The Morgan fingerprint density at radius 1 is 1.36 bits per heavy atom. The summed E-state index contributed by atoms with van der Waals surface area (Å²) >= 11 is 11.7. The van der Waals surface area contributed by atoms with Crippen molar-refractivity contribution < 1.29 is 14.3 Å². The number of hydrogen-bond acceptors (Lipinski definition) is 3. The number of halogens is 2. The van der Waals surface area contributed by atoms with Crippen molar-refractivity contribution in [3.63, 3.8) is 0 Å². The largest absolute Gasteiger partial charge is 0.484 e. The van der Waals surface area contributed by atoms with Crippen LogP contribution in [0, 0.1) is 0 Å². The van der Waals surface area contributed by atoms with E-state index in [2.05, 4.69) is 5.32 Å². The third kappa shape index (κ3) is 5.07. The molecule has 1 heterocycles. The standard InChI is InChI=1S/C15H18Cl2N2O3/c1-10(8-19-4-2-3-15(19)21)18-14(20)9-22-13-6-11(16)5-12(17)7-13/h5-7,10H,2-4,8-9H2,1H3,(H,18,20)/t10-/m0/s1.